The Morgan fingerprint density at radius 3 is 3.00 bits per heavy atom. The maximum atomic E-state index is 5.20. The van der Waals surface area contributed by atoms with Gasteiger partial charge in [0.05, 0.1) is 11.4 Å². The molecule has 1 aliphatic rings. The van der Waals surface area contributed by atoms with Crippen molar-refractivity contribution in [1.29, 1.82) is 0 Å². The van der Waals surface area contributed by atoms with Crippen molar-refractivity contribution >= 4 is 11.8 Å². The van der Waals surface area contributed by atoms with Gasteiger partial charge in [-0.05, 0) is 19.8 Å². The quantitative estimate of drug-likeness (QED) is 0.599. The molecule has 6 heteroatoms. The number of rotatable bonds is 6. The summed E-state index contributed by atoms with van der Waals surface area (Å²) in [4.78, 5) is 0. The predicted octanol–water partition coefficient (Wildman–Crippen LogP) is 2.93. The smallest absolute Gasteiger partial charge is 0.191 e. The number of hydrogen-bond acceptors (Lipinski definition) is 5. The van der Waals surface area contributed by atoms with Crippen LogP contribution >= 0.6 is 11.8 Å². The van der Waals surface area contributed by atoms with Gasteiger partial charge in [0.15, 0.2) is 5.16 Å². The Bertz CT molecular complexity index is 585. The van der Waals surface area contributed by atoms with E-state index in [1.165, 1.54) is 12.8 Å². The molecule has 0 spiro atoms. The molecule has 1 aliphatic carbocycles. The molecule has 0 radical (unpaired) electrons. The first-order valence-corrected chi connectivity index (χ1v) is 7.35. The Kier molecular flexibility index (Phi) is 3.42. The molecule has 0 bridgehead atoms. The van der Waals surface area contributed by atoms with E-state index >= 15 is 0 Å². The Hall–Kier alpha value is -1.56. The van der Waals surface area contributed by atoms with Crippen LogP contribution in [0.2, 0.25) is 0 Å². The first-order valence-electron chi connectivity index (χ1n) is 6.37. The van der Waals surface area contributed by atoms with Gasteiger partial charge in [-0.15, -0.1) is 16.8 Å². The Morgan fingerprint density at radius 2 is 2.37 bits per heavy atom. The van der Waals surface area contributed by atoms with Crippen molar-refractivity contribution in [3.8, 4) is 0 Å². The largest absolute Gasteiger partial charge is 0.360 e. The van der Waals surface area contributed by atoms with E-state index < -0.39 is 0 Å². The molecule has 1 saturated carbocycles. The summed E-state index contributed by atoms with van der Waals surface area (Å²) in [5, 5.41) is 13.4. The fraction of sp³-hybridized carbons (Fsp3) is 0.462. The minimum absolute atomic E-state index is 0.592. The number of hydrogen-bond donors (Lipinski definition) is 0. The normalized spacial score (nSPS) is 14.8. The van der Waals surface area contributed by atoms with Crippen molar-refractivity contribution < 1.29 is 4.52 Å². The van der Waals surface area contributed by atoms with E-state index in [0.29, 0.717) is 5.92 Å². The highest BCUT2D eigenvalue weighted by molar-refractivity contribution is 7.98. The maximum Gasteiger partial charge on any atom is 0.191 e. The van der Waals surface area contributed by atoms with Crippen molar-refractivity contribution in [1.82, 2.24) is 19.9 Å². The fourth-order valence-corrected chi connectivity index (χ4v) is 2.80. The molecule has 0 aromatic carbocycles. The maximum absolute atomic E-state index is 5.20. The highest BCUT2D eigenvalue weighted by Gasteiger charge is 2.30. The van der Waals surface area contributed by atoms with Crippen molar-refractivity contribution in [2.24, 2.45) is 0 Å². The van der Waals surface area contributed by atoms with Crippen LogP contribution in [0.3, 0.4) is 0 Å². The van der Waals surface area contributed by atoms with E-state index in [2.05, 4.69) is 26.5 Å². The van der Waals surface area contributed by atoms with Crippen molar-refractivity contribution in [2.75, 3.05) is 0 Å². The molecule has 0 aliphatic heterocycles. The predicted molar refractivity (Wildman–Crippen MR) is 73.0 cm³/mol. The van der Waals surface area contributed by atoms with Crippen LogP contribution in [0.1, 0.15) is 36.0 Å². The molecule has 0 amide bonds. The molecule has 5 nitrogen and oxygen atoms in total. The Labute approximate surface area is 116 Å². The van der Waals surface area contributed by atoms with E-state index in [-0.39, 0.29) is 0 Å². The summed E-state index contributed by atoms with van der Waals surface area (Å²) in [5.74, 6) is 3.27. The zero-order chi connectivity index (χ0) is 13.2. The third-order valence-corrected chi connectivity index (χ3v) is 4.01. The summed E-state index contributed by atoms with van der Waals surface area (Å²) in [7, 11) is 0. The minimum Gasteiger partial charge on any atom is -0.360 e. The zero-order valence-corrected chi connectivity index (χ0v) is 11.7. The van der Waals surface area contributed by atoms with Crippen LogP contribution in [0.4, 0.5) is 0 Å². The monoisotopic (exact) mass is 276 g/mol. The third-order valence-electron chi connectivity index (χ3n) is 3.02. The van der Waals surface area contributed by atoms with E-state index in [0.717, 1.165) is 34.7 Å². The molecule has 0 atom stereocenters. The van der Waals surface area contributed by atoms with Crippen molar-refractivity contribution in [2.45, 2.75) is 43.1 Å². The summed E-state index contributed by atoms with van der Waals surface area (Å²) in [6, 6.07) is 1.95. The van der Waals surface area contributed by atoms with Gasteiger partial charge in [-0.2, -0.15) is 0 Å². The number of allylic oxidation sites excluding steroid dienone is 1. The second-order valence-corrected chi connectivity index (χ2v) is 5.68. The third kappa shape index (κ3) is 2.73. The van der Waals surface area contributed by atoms with Crippen molar-refractivity contribution in [3.05, 3.63) is 36.0 Å². The van der Waals surface area contributed by atoms with Gasteiger partial charge in [-0.25, -0.2) is 0 Å². The summed E-state index contributed by atoms with van der Waals surface area (Å²) < 4.78 is 7.36. The van der Waals surface area contributed by atoms with Crippen molar-refractivity contribution in [3.63, 3.8) is 0 Å². The number of aromatic nitrogens is 4. The van der Waals surface area contributed by atoms with Crippen LogP contribution in [0.25, 0.3) is 0 Å². The van der Waals surface area contributed by atoms with Crippen LogP contribution in [-0.2, 0) is 12.3 Å². The minimum atomic E-state index is 0.592. The lowest BCUT2D eigenvalue weighted by Crippen LogP contribution is -2.02. The molecule has 100 valence electrons. The summed E-state index contributed by atoms with van der Waals surface area (Å²) in [6.07, 6.45) is 4.33. The van der Waals surface area contributed by atoms with Crippen LogP contribution in [0.5, 0.6) is 0 Å². The lowest BCUT2D eigenvalue weighted by Gasteiger charge is -2.05. The van der Waals surface area contributed by atoms with Crippen LogP contribution in [0, 0.1) is 6.92 Å². The average Bonchev–Trinajstić information content (AvgIpc) is 3.04. The molecule has 0 unspecified atom stereocenters. The summed E-state index contributed by atoms with van der Waals surface area (Å²) in [6.45, 7) is 6.49. The molecule has 2 heterocycles. The molecule has 0 saturated heterocycles. The van der Waals surface area contributed by atoms with Gasteiger partial charge in [0.1, 0.15) is 11.6 Å². The lowest BCUT2D eigenvalue weighted by molar-refractivity contribution is 0.391. The number of aryl methyl sites for hydroxylation is 1. The first-order chi connectivity index (χ1) is 9.28. The summed E-state index contributed by atoms with van der Waals surface area (Å²) >= 11 is 1.63. The molecular weight excluding hydrogens is 260 g/mol. The number of thioether (sulfide) groups is 1. The van der Waals surface area contributed by atoms with Gasteiger partial charge in [-0.1, -0.05) is 23.0 Å². The van der Waals surface area contributed by atoms with Gasteiger partial charge in [0.25, 0.3) is 0 Å². The molecular formula is C13H16N4OS. The van der Waals surface area contributed by atoms with E-state index in [9.17, 15) is 0 Å². The lowest BCUT2D eigenvalue weighted by atomic mass is 10.4. The topological polar surface area (TPSA) is 56.7 Å². The van der Waals surface area contributed by atoms with Gasteiger partial charge < -0.3 is 9.09 Å². The van der Waals surface area contributed by atoms with Crippen LogP contribution < -0.4 is 0 Å². The van der Waals surface area contributed by atoms with E-state index in [1.807, 2.05) is 19.1 Å². The molecule has 0 N–H and O–H groups in total. The van der Waals surface area contributed by atoms with Gasteiger partial charge in [0.2, 0.25) is 0 Å². The number of nitrogens with zero attached hydrogens (tertiary/aromatic N) is 4. The SMILES string of the molecule is C=CCn1c(SCc2cc(C)no2)nnc1C1CC1. The second kappa shape index (κ2) is 5.21. The standard InChI is InChI=1S/C13H16N4OS/c1-3-6-17-12(10-4-5-10)14-15-13(17)19-8-11-7-9(2)16-18-11/h3,7,10H,1,4-6,8H2,2H3. The first kappa shape index (κ1) is 12.5. The molecule has 2 aromatic heterocycles. The average molecular weight is 276 g/mol. The highest BCUT2D eigenvalue weighted by Crippen LogP contribution is 2.40. The highest BCUT2D eigenvalue weighted by atomic mass is 32.2. The summed E-state index contributed by atoms with van der Waals surface area (Å²) in [5.41, 5.74) is 0.904. The molecule has 2 aromatic rings. The van der Waals surface area contributed by atoms with Gasteiger partial charge >= 0.3 is 0 Å². The van der Waals surface area contributed by atoms with E-state index in [4.69, 9.17) is 4.52 Å². The molecule has 1 fully saturated rings. The fourth-order valence-electron chi connectivity index (χ4n) is 1.97. The van der Waals surface area contributed by atoms with E-state index in [1.54, 1.807) is 11.8 Å². The van der Waals surface area contributed by atoms with Crippen LogP contribution in [-0.4, -0.2) is 19.9 Å². The Morgan fingerprint density at radius 1 is 1.53 bits per heavy atom. The second-order valence-electron chi connectivity index (χ2n) is 4.74. The molecule has 19 heavy (non-hydrogen) atoms. The van der Waals surface area contributed by atoms with Crippen LogP contribution in [0.15, 0.2) is 28.4 Å². The van der Waals surface area contributed by atoms with Gasteiger partial charge in [0, 0.05) is 18.5 Å². The van der Waals surface area contributed by atoms with Gasteiger partial charge in [-0.3, -0.25) is 0 Å². The zero-order valence-electron chi connectivity index (χ0n) is 10.9. The molecule has 3 rings (SSSR count). The Balaban J connectivity index is 1.74.